The Morgan fingerprint density at radius 2 is 2.31 bits per heavy atom. The van der Waals surface area contributed by atoms with Gasteiger partial charge in [-0.2, -0.15) is 0 Å². The van der Waals surface area contributed by atoms with Crippen molar-refractivity contribution in [2.45, 2.75) is 6.42 Å². The smallest absolute Gasteiger partial charge is 0.230 e. The van der Waals surface area contributed by atoms with Crippen LogP contribution in [0.4, 0.5) is 11.5 Å². The Kier molecular flexibility index (Phi) is 3.16. The van der Waals surface area contributed by atoms with Crippen LogP contribution >= 0.6 is 11.3 Å². The summed E-state index contributed by atoms with van der Waals surface area (Å²) in [4.78, 5) is 16.6. The molecule has 0 fully saturated rings. The van der Waals surface area contributed by atoms with Crippen LogP contribution in [0.15, 0.2) is 35.8 Å². The maximum atomic E-state index is 11.6. The van der Waals surface area contributed by atoms with E-state index in [9.17, 15) is 4.79 Å². The molecule has 0 radical (unpaired) electrons. The Balaban J connectivity index is 2.00. The highest BCUT2D eigenvalue weighted by atomic mass is 32.1. The molecule has 0 atom stereocenters. The van der Waals surface area contributed by atoms with Gasteiger partial charge in [0.2, 0.25) is 5.91 Å². The summed E-state index contributed by atoms with van der Waals surface area (Å²) in [6, 6.07) is 7.27. The van der Waals surface area contributed by atoms with Gasteiger partial charge in [-0.3, -0.25) is 4.79 Å². The van der Waals surface area contributed by atoms with Crippen molar-refractivity contribution in [1.82, 2.24) is 4.98 Å². The lowest BCUT2D eigenvalue weighted by Gasteiger charge is -2.05. The van der Waals surface area contributed by atoms with E-state index in [-0.39, 0.29) is 5.91 Å². The van der Waals surface area contributed by atoms with E-state index in [1.54, 1.807) is 29.7 Å². The van der Waals surface area contributed by atoms with Gasteiger partial charge in [0.25, 0.3) is 0 Å². The first-order valence-electron chi connectivity index (χ1n) is 4.78. The predicted molar refractivity (Wildman–Crippen MR) is 65.3 cm³/mol. The molecule has 0 aliphatic rings. The highest BCUT2D eigenvalue weighted by molar-refractivity contribution is 7.10. The normalized spacial score (nSPS) is 10.0. The minimum Gasteiger partial charge on any atom is -0.396 e. The van der Waals surface area contributed by atoms with Gasteiger partial charge >= 0.3 is 0 Å². The van der Waals surface area contributed by atoms with Gasteiger partial charge in [0.1, 0.15) is 0 Å². The molecule has 0 aliphatic heterocycles. The standard InChI is InChI=1S/C11H11N3OS/c12-9-4-1-5-13-11(9)14-10(15)7-8-3-2-6-16-8/h1-6H,7,12H2,(H,13,14,15). The van der Waals surface area contributed by atoms with E-state index in [0.717, 1.165) is 4.88 Å². The maximum Gasteiger partial charge on any atom is 0.230 e. The van der Waals surface area contributed by atoms with Crippen LogP contribution < -0.4 is 11.1 Å². The van der Waals surface area contributed by atoms with Gasteiger partial charge in [-0.1, -0.05) is 6.07 Å². The largest absolute Gasteiger partial charge is 0.396 e. The number of thiophene rings is 1. The van der Waals surface area contributed by atoms with Crippen LogP contribution in [0.5, 0.6) is 0 Å². The van der Waals surface area contributed by atoms with Crippen molar-refractivity contribution in [3.05, 3.63) is 40.7 Å². The van der Waals surface area contributed by atoms with Crippen LogP contribution in [-0.4, -0.2) is 10.9 Å². The lowest BCUT2D eigenvalue weighted by atomic mass is 10.3. The molecule has 3 N–H and O–H groups in total. The van der Waals surface area contributed by atoms with Gasteiger partial charge in [0.05, 0.1) is 12.1 Å². The van der Waals surface area contributed by atoms with Crippen LogP contribution in [0, 0.1) is 0 Å². The lowest BCUT2D eigenvalue weighted by Crippen LogP contribution is -2.15. The molecular formula is C11H11N3OS. The first-order chi connectivity index (χ1) is 7.75. The summed E-state index contributed by atoms with van der Waals surface area (Å²) in [6.07, 6.45) is 1.95. The summed E-state index contributed by atoms with van der Waals surface area (Å²) < 4.78 is 0. The summed E-state index contributed by atoms with van der Waals surface area (Å²) in [5.74, 6) is 0.317. The number of anilines is 2. The van der Waals surface area contributed by atoms with Crippen LogP contribution in [0.1, 0.15) is 4.88 Å². The fourth-order valence-electron chi connectivity index (χ4n) is 1.27. The molecule has 1 amide bonds. The molecule has 82 valence electrons. The summed E-state index contributed by atoms with van der Waals surface area (Å²) in [7, 11) is 0. The van der Waals surface area contributed by atoms with Crippen molar-refractivity contribution in [1.29, 1.82) is 0 Å². The number of amides is 1. The van der Waals surface area contributed by atoms with Gasteiger partial charge in [0.15, 0.2) is 5.82 Å². The molecule has 4 nitrogen and oxygen atoms in total. The zero-order valence-electron chi connectivity index (χ0n) is 8.51. The van der Waals surface area contributed by atoms with Crippen LogP contribution in [0.3, 0.4) is 0 Å². The van der Waals surface area contributed by atoms with E-state index in [4.69, 9.17) is 5.73 Å². The Morgan fingerprint density at radius 3 is 3.00 bits per heavy atom. The van der Waals surface area contributed by atoms with Crippen molar-refractivity contribution in [3.8, 4) is 0 Å². The van der Waals surface area contributed by atoms with Gasteiger partial charge in [-0.15, -0.1) is 11.3 Å². The molecule has 16 heavy (non-hydrogen) atoms. The number of hydrogen-bond acceptors (Lipinski definition) is 4. The van der Waals surface area contributed by atoms with Crippen LogP contribution in [0.2, 0.25) is 0 Å². The second-order valence-corrected chi connectivity index (χ2v) is 4.28. The van der Waals surface area contributed by atoms with Gasteiger partial charge in [-0.25, -0.2) is 4.98 Å². The Labute approximate surface area is 97.1 Å². The topological polar surface area (TPSA) is 68.0 Å². The molecule has 0 bridgehead atoms. The minimum absolute atomic E-state index is 0.104. The van der Waals surface area contributed by atoms with E-state index in [0.29, 0.717) is 17.9 Å². The second kappa shape index (κ2) is 4.76. The zero-order chi connectivity index (χ0) is 11.4. The number of nitrogens with one attached hydrogen (secondary N) is 1. The number of nitrogens with zero attached hydrogens (tertiary/aromatic N) is 1. The SMILES string of the molecule is Nc1cccnc1NC(=O)Cc1cccs1. The van der Waals surface area contributed by atoms with E-state index in [1.807, 2.05) is 17.5 Å². The number of aromatic nitrogens is 1. The summed E-state index contributed by atoms with van der Waals surface area (Å²) in [5, 5.41) is 4.62. The second-order valence-electron chi connectivity index (χ2n) is 3.25. The number of nitrogens with two attached hydrogens (primary N) is 1. The molecule has 0 saturated heterocycles. The Morgan fingerprint density at radius 1 is 1.44 bits per heavy atom. The molecule has 0 aliphatic carbocycles. The fraction of sp³-hybridized carbons (Fsp3) is 0.0909. The average Bonchev–Trinajstić information content (AvgIpc) is 2.74. The number of pyridine rings is 1. The van der Waals surface area contributed by atoms with Crippen molar-refractivity contribution >= 4 is 28.7 Å². The highest BCUT2D eigenvalue weighted by Gasteiger charge is 2.07. The first kappa shape index (κ1) is 10.6. The number of rotatable bonds is 3. The number of carbonyl (C=O) groups is 1. The molecule has 2 heterocycles. The summed E-state index contributed by atoms with van der Waals surface area (Å²) in [5.41, 5.74) is 6.14. The molecule has 2 aromatic heterocycles. The molecule has 2 rings (SSSR count). The molecule has 0 spiro atoms. The molecule has 0 saturated carbocycles. The number of carbonyl (C=O) groups excluding carboxylic acids is 1. The van der Waals surface area contributed by atoms with Gasteiger partial charge < -0.3 is 11.1 Å². The molecule has 0 aromatic carbocycles. The van der Waals surface area contributed by atoms with Crippen molar-refractivity contribution in [2.24, 2.45) is 0 Å². The van der Waals surface area contributed by atoms with Gasteiger partial charge in [0, 0.05) is 11.1 Å². The van der Waals surface area contributed by atoms with Crippen LogP contribution in [0.25, 0.3) is 0 Å². The van der Waals surface area contributed by atoms with E-state index < -0.39 is 0 Å². The van der Waals surface area contributed by atoms with E-state index in [2.05, 4.69) is 10.3 Å². The Hall–Kier alpha value is -1.88. The summed E-state index contributed by atoms with van der Waals surface area (Å²) in [6.45, 7) is 0. The molecule has 2 aromatic rings. The number of nitrogen functional groups attached to an aromatic ring is 1. The average molecular weight is 233 g/mol. The monoisotopic (exact) mass is 233 g/mol. The predicted octanol–water partition coefficient (Wildman–Crippen LogP) is 1.91. The van der Waals surface area contributed by atoms with E-state index in [1.165, 1.54) is 0 Å². The molecule has 5 heteroatoms. The third-order valence-corrected chi connectivity index (χ3v) is 2.89. The number of hydrogen-bond donors (Lipinski definition) is 2. The summed E-state index contributed by atoms with van der Waals surface area (Å²) >= 11 is 1.55. The maximum absolute atomic E-state index is 11.6. The van der Waals surface area contributed by atoms with Crippen LogP contribution in [-0.2, 0) is 11.2 Å². The highest BCUT2D eigenvalue weighted by Crippen LogP contribution is 2.14. The zero-order valence-corrected chi connectivity index (χ0v) is 9.33. The quantitative estimate of drug-likeness (QED) is 0.850. The molecule has 0 unspecified atom stereocenters. The Bertz CT molecular complexity index is 482. The van der Waals surface area contributed by atoms with Crippen molar-refractivity contribution in [2.75, 3.05) is 11.1 Å². The lowest BCUT2D eigenvalue weighted by molar-refractivity contribution is -0.115. The van der Waals surface area contributed by atoms with E-state index >= 15 is 0 Å². The van der Waals surface area contributed by atoms with Crippen molar-refractivity contribution < 1.29 is 4.79 Å². The molecular weight excluding hydrogens is 222 g/mol. The third kappa shape index (κ3) is 2.58. The first-order valence-corrected chi connectivity index (χ1v) is 5.66. The minimum atomic E-state index is -0.104. The fourth-order valence-corrected chi connectivity index (χ4v) is 1.97. The van der Waals surface area contributed by atoms with Crippen molar-refractivity contribution in [3.63, 3.8) is 0 Å². The van der Waals surface area contributed by atoms with Gasteiger partial charge in [-0.05, 0) is 23.6 Å². The third-order valence-electron chi connectivity index (χ3n) is 2.01.